The van der Waals surface area contributed by atoms with E-state index in [1.165, 1.54) is 70.6 Å². The number of carbonyl (C=O) groups excluding carboxylic acids is 2. The number of unbranched alkanes of at least 4 members (excludes halogenated alkanes) is 20. The SMILES string of the molecule is CCC/C=C\C/C=C\CCCCCCCC(=O)OCCCCC/C=C\C/C=C\CCCCCCCCCC(=O)NC(COC1OC(CO)C(O)C(O)C1O)C(O)/C=C/CC/C=C/CCCCC. The van der Waals surface area contributed by atoms with E-state index in [9.17, 15) is 35.1 Å². The van der Waals surface area contributed by atoms with Crippen LogP contribution >= 0.6 is 0 Å². The van der Waals surface area contributed by atoms with Gasteiger partial charge in [-0.2, -0.15) is 0 Å². The van der Waals surface area contributed by atoms with Crippen LogP contribution in [0.3, 0.4) is 0 Å². The Kier molecular flexibility index (Phi) is 42.2. The Hall–Kier alpha value is -2.90. The van der Waals surface area contributed by atoms with Crippen molar-refractivity contribution in [3.05, 3.63) is 72.9 Å². The van der Waals surface area contributed by atoms with Gasteiger partial charge >= 0.3 is 5.97 Å². The molecule has 1 aliphatic rings. The molecule has 0 spiro atoms. The monoisotopic (exact) mass is 944 g/mol. The first kappa shape index (κ1) is 62.1. The summed E-state index contributed by atoms with van der Waals surface area (Å²) in [5, 5.41) is 54.0. The number of rotatable bonds is 44. The molecule has 11 nitrogen and oxygen atoms in total. The van der Waals surface area contributed by atoms with Gasteiger partial charge in [0.05, 0.1) is 32.0 Å². The first-order valence-electron chi connectivity index (χ1n) is 26.7. The lowest BCUT2D eigenvalue weighted by Crippen LogP contribution is -2.60. The first-order chi connectivity index (χ1) is 32.7. The molecule has 7 unspecified atom stereocenters. The standard InChI is InChI=1S/C56H97NO10/c1-3-5-7-9-11-13-14-20-24-28-32-36-40-44-52(61)65-45-41-37-33-29-25-22-19-17-15-16-18-21-23-27-31-35-39-43-51(60)57-48(49(59)42-38-34-30-26-12-10-8-6-4-2)47-66-56-55(64)54(63)53(62)50(46-58)67-56/h7,9,12-15,17,22,25-26,38,42,48-50,53-56,58-59,62-64H,3-6,8,10-11,16,18-21,23-24,27-37,39-41,43-47H2,1-2H3,(H,57,60)/b9-7-,14-13-,17-15-,25-22-,26-12+,42-38+. The maximum atomic E-state index is 12.9. The maximum Gasteiger partial charge on any atom is 0.305 e. The fraction of sp³-hybridized carbons (Fsp3) is 0.750. The Morgan fingerprint density at radius 1 is 0.552 bits per heavy atom. The summed E-state index contributed by atoms with van der Waals surface area (Å²) in [5.74, 6) is -0.264. The second-order valence-electron chi connectivity index (χ2n) is 18.2. The smallest absolute Gasteiger partial charge is 0.305 e. The summed E-state index contributed by atoms with van der Waals surface area (Å²) in [7, 11) is 0. The molecule has 0 bridgehead atoms. The van der Waals surface area contributed by atoms with Crippen molar-refractivity contribution in [3.8, 4) is 0 Å². The summed E-state index contributed by atoms with van der Waals surface area (Å²) in [6, 6.07) is -0.840. The van der Waals surface area contributed by atoms with E-state index in [-0.39, 0.29) is 18.5 Å². The molecule has 0 radical (unpaired) electrons. The van der Waals surface area contributed by atoms with Gasteiger partial charge in [0.15, 0.2) is 6.29 Å². The van der Waals surface area contributed by atoms with Crippen molar-refractivity contribution in [2.45, 2.75) is 249 Å². The van der Waals surface area contributed by atoms with E-state index in [0.717, 1.165) is 109 Å². The molecule has 1 saturated heterocycles. The molecule has 0 aliphatic carbocycles. The highest BCUT2D eigenvalue weighted by Crippen LogP contribution is 2.22. The third kappa shape index (κ3) is 35.8. The van der Waals surface area contributed by atoms with Gasteiger partial charge in [0, 0.05) is 12.8 Å². The summed E-state index contributed by atoms with van der Waals surface area (Å²) < 4.78 is 16.6. The number of ether oxygens (including phenoxy) is 3. The van der Waals surface area contributed by atoms with Crippen LogP contribution < -0.4 is 5.32 Å². The molecule has 1 rings (SSSR count). The molecular formula is C56H97NO10. The average Bonchev–Trinajstić information content (AvgIpc) is 3.32. The van der Waals surface area contributed by atoms with Crippen LogP contribution in [-0.2, 0) is 23.8 Å². The molecule has 1 amide bonds. The number of aliphatic hydroxyl groups excluding tert-OH is 5. The van der Waals surface area contributed by atoms with Gasteiger partial charge < -0.3 is 45.1 Å². The zero-order valence-corrected chi connectivity index (χ0v) is 42.1. The van der Waals surface area contributed by atoms with Crippen molar-refractivity contribution in [1.29, 1.82) is 0 Å². The molecular weight excluding hydrogens is 847 g/mol. The summed E-state index contributed by atoms with van der Waals surface area (Å²) in [4.78, 5) is 25.0. The van der Waals surface area contributed by atoms with Gasteiger partial charge in [0.1, 0.15) is 24.4 Å². The Labute approximate surface area is 407 Å². The Balaban J connectivity index is 2.13. The van der Waals surface area contributed by atoms with Gasteiger partial charge in [0.2, 0.25) is 5.91 Å². The van der Waals surface area contributed by atoms with Crippen molar-refractivity contribution in [3.63, 3.8) is 0 Å². The highest BCUT2D eigenvalue weighted by atomic mass is 16.7. The Bertz CT molecular complexity index is 1340. The van der Waals surface area contributed by atoms with Crippen LogP contribution in [0, 0.1) is 0 Å². The summed E-state index contributed by atoms with van der Waals surface area (Å²) in [5.41, 5.74) is 0. The van der Waals surface area contributed by atoms with Crippen LogP contribution in [0.15, 0.2) is 72.9 Å². The van der Waals surface area contributed by atoms with Gasteiger partial charge in [-0.1, -0.05) is 157 Å². The van der Waals surface area contributed by atoms with Gasteiger partial charge in [-0.25, -0.2) is 0 Å². The van der Waals surface area contributed by atoms with Crippen LogP contribution in [0.5, 0.6) is 0 Å². The summed E-state index contributed by atoms with van der Waals surface area (Å²) >= 11 is 0. The van der Waals surface area contributed by atoms with E-state index in [2.05, 4.69) is 79.9 Å². The minimum absolute atomic E-state index is 0.0501. The lowest BCUT2D eigenvalue weighted by molar-refractivity contribution is -0.302. The van der Waals surface area contributed by atoms with E-state index in [1.54, 1.807) is 6.08 Å². The zero-order valence-electron chi connectivity index (χ0n) is 42.1. The topological polar surface area (TPSA) is 175 Å². The number of aliphatic hydroxyl groups is 5. The molecule has 6 N–H and O–H groups in total. The predicted molar refractivity (Wildman–Crippen MR) is 273 cm³/mol. The largest absolute Gasteiger partial charge is 0.466 e. The molecule has 1 heterocycles. The number of nitrogens with one attached hydrogen (secondary N) is 1. The summed E-state index contributed by atoms with van der Waals surface area (Å²) in [6.45, 7) is 4.12. The second kappa shape index (κ2) is 45.5. The predicted octanol–water partition coefficient (Wildman–Crippen LogP) is 11.3. The molecule has 11 heteroatoms. The van der Waals surface area contributed by atoms with Crippen molar-refractivity contribution in [1.82, 2.24) is 5.32 Å². The van der Waals surface area contributed by atoms with Gasteiger partial charge in [-0.05, 0) is 109 Å². The van der Waals surface area contributed by atoms with Crippen LogP contribution in [0.1, 0.15) is 206 Å². The second-order valence-corrected chi connectivity index (χ2v) is 18.2. The molecule has 0 aromatic carbocycles. The number of amides is 1. The van der Waals surface area contributed by atoms with E-state index in [0.29, 0.717) is 19.4 Å². The van der Waals surface area contributed by atoms with Crippen molar-refractivity contribution < 1.29 is 49.3 Å². The minimum atomic E-state index is -1.58. The van der Waals surface area contributed by atoms with Gasteiger partial charge in [-0.15, -0.1) is 0 Å². The van der Waals surface area contributed by atoms with E-state index in [1.807, 2.05) is 6.08 Å². The highest BCUT2D eigenvalue weighted by molar-refractivity contribution is 5.76. The third-order valence-corrected chi connectivity index (χ3v) is 12.0. The Morgan fingerprint density at radius 3 is 1.63 bits per heavy atom. The summed E-state index contributed by atoms with van der Waals surface area (Å²) in [6.07, 6.45) is 48.6. The maximum absolute atomic E-state index is 12.9. The highest BCUT2D eigenvalue weighted by Gasteiger charge is 2.44. The van der Waals surface area contributed by atoms with Crippen molar-refractivity contribution in [2.75, 3.05) is 19.8 Å². The Morgan fingerprint density at radius 2 is 1.04 bits per heavy atom. The average molecular weight is 944 g/mol. The van der Waals surface area contributed by atoms with Crippen molar-refractivity contribution in [2.24, 2.45) is 0 Å². The number of carbonyl (C=O) groups is 2. The number of hydrogen-bond acceptors (Lipinski definition) is 10. The number of allylic oxidation sites excluding steroid dienone is 11. The fourth-order valence-corrected chi connectivity index (χ4v) is 7.69. The van der Waals surface area contributed by atoms with Crippen LogP contribution in [0.2, 0.25) is 0 Å². The molecule has 386 valence electrons. The van der Waals surface area contributed by atoms with E-state index < -0.39 is 49.5 Å². The van der Waals surface area contributed by atoms with Crippen LogP contribution in [0.25, 0.3) is 0 Å². The zero-order chi connectivity index (χ0) is 48.8. The molecule has 0 saturated carbocycles. The third-order valence-electron chi connectivity index (χ3n) is 12.0. The molecule has 0 aromatic rings. The van der Waals surface area contributed by atoms with E-state index >= 15 is 0 Å². The lowest BCUT2D eigenvalue weighted by Gasteiger charge is -2.40. The van der Waals surface area contributed by atoms with E-state index in [4.69, 9.17) is 14.2 Å². The fourth-order valence-electron chi connectivity index (χ4n) is 7.69. The van der Waals surface area contributed by atoms with Crippen LogP contribution in [-0.4, -0.2) is 100 Å². The van der Waals surface area contributed by atoms with Gasteiger partial charge in [-0.3, -0.25) is 9.59 Å². The molecule has 67 heavy (non-hydrogen) atoms. The number of hydrogen-bond donors (Lipinski definition) is 6. The quantitative estimate of drug-likeness (QED) is 0.0196. The van der Waals surface area contributed by atoms with Crippen LogP contribution in [0.4, 0.5) is 0 Å². The normalized spacial score (nSPS) is 20.1. The van der Waals surface area contributed by atoms with Gasteiger partial charge in [0.25, 0.3) is 0 Å². The molecule has 1 aliphatic heterocycles. The molecule has 7 atom stereocenters. The minimum Gasteiger partial charge on any atom is -0.466 e. The van der Waals surface area contributed by atoms with Crippen molar-refractivity contribution >= 4 is 11.9 Å². The number of esters is 1. The lowest BCUT2D eigenvalue weighted by atomic mass is 9.99. The molecule has 0 aromatic heterocycles. The first-order valence-corrected chi connectivity index (χ1v) is 26.7. The molecule has 1 fully saturated rings.